The fraction of sp³-hybridized carbons (Fsp3) is 0.238. The molecule has 0 amide bonds. The highest BCUT2D eigenvalue weighted by Gasteiger charge is 2.09. The molecular formula is C21H19ClN4OS3. The van der Waals surface area contributed by atoms with Crippen LogP contribution in [0.4, 0.5) is 0 Å². The molecule has 0 aliphatic rings. The lowest BCUT2D eigenvalue weighted by molar-refractivity contribution is 0.866. The molecule has 0 bridgehead atoms. The fourth-order valence-electron chi connectivity index (χ4n) is 2.79. The summed E-state index contributed by atoms with van der Waals surface area (Å²) in [4.78, 5) is 16.8. The van der Waals surface area contributed by atoms with Crippen LogP contribution < -0.4 is 5.56 Å². The average molecular weight is 475 g/mol. The van der Waals surface area contributed by atoms with Crippen molar-refractivity contribution in [3.63, 3.8) is 0 Å². The first-order chi connectivity index (χ1) is 14.5. The number of aromatic nitrogens is 4. The van der Waals surface area contributed by atoms with Crippen molar-refractivity contribution in [3.05, 3.63) is 80.9 Å². The highest BCUT2D eigenvalue weighted by molar-refractivity contribution is 8.02. The van der Waals surface area contributed by atoms with Crippen LogP contribution >= 0.6 is 46.5 Å². The monoisotopic (exact) mass is 474 g/mol. The van der Waals surface area contributed by atoms with Gasteiger partial charge < -0.3 is 0 Å². The minimum Gasteiger partial charge on any atom is -0.269 e. The van der Waals surface area contributed by atoms with Gasteiger partial charge >= 0.3 is 0 Å². The molecule has 9 heteroatoms. The van der Waals surface area contributed by atoms with Crippen LogP contribution in [-0.4, -0.2) is 19.6 Å². The van der Waals surface area contributed by atoms with E-state index in [9.17, 15) is 4.79 Å². The Morgan fingerprint density at radius 2 is 1.73 bits per heavy atom. The molecule has 0 atom stereocenters. The fourth-order valence-corrected chi connectivity index (χ4v) is 5.82. The van der Waals surface area contributed by atoms with Crippen LogP contribution in [-0.2, 0) is 11.5 Å². The van der Waals surface area contributed by atoms with Crippen LogP contribution in [0.15, 0.2) is 62.1 Å². The number of hydrogen-bond donors (Lipinski definition) is 0. The second kappa shape index (κ2) is 9.51. The molecule has 0 radical (unpaired) electrons. The summed E-state index contributed by atoms with van der Waals surface area (Å²) in [6.07, 6.45) is 1.58. The molecule has 0 fully saturated rings. The van der Waals surface area contributed by atoms with Crippen LogP contribution in [0.2, 0.25) is 5.02 Å². The Hall–Kier alpha value is -1.87. The Morgan fingerprint density at radius 1 is 1.03 bits per heavy atom. The molecule has 0 spiro atoms. The number of rotatable bonds is 7. The van der Waals surface area contributed by atoms with E-state index in [0.29, 0.717) is 28.0 Å². The molecular weight excluding hydrogens is 456 g/mol. The van der Waals surface area contributed by atoms with E-state index in [-0.39, 0.29) is 5.56 Å². The van der Waals surface area contributed by atoms with Gasteiger partial charge in [-0.25, -0.2) is 4.98 Å². The number of benzene rings is 1. The smallest absolute Gasteiger partial charge is 0.258 e. The number of pyridine rings is 1. The summed E-state index contributed by atoms with van der Waals surface area (Å²) in [6, 6.07) is 13.7. The van der Waals surface area contributed by atoms with E-state index in [1.54, 1.807) is 41.4 Å². The van der Waals surface area contributed by atoms with E-state index in [2.05, 4.69) is 53.3 Å². The van der Waals surface area contributed by atoms with Gasteiger partial charge in [0.05, 0.1) is 10.7 Å². The SMILES string of the molecule is CC(C)c1ccc(CSc2nnc(SCc3cc(=O)n4cc(Cl)ccc4n3)s2)cc1. The predicted octanol–water partition coefficient (Wildman–Crippen LogP) is 5.91. The van der Waals surface area contributed by atoms with Gasteiger partial charge in [-0.15, -0.1) is 10.2 Å². The molecule has 0 aliphatic carbocycles. The van der Waals surface area contributed by atoms with E-state index in [0.717, 1.165) is 14.4 Å². The maximum absolute atomic E-state index is 12.3. The second-order valence-electron chi connectivity index (χ2n) is 6.97. The lowest BCUT2D eigenvalue weighted by Crippen LogP contribution is -2.14. The minimum atomic E-state index is -0.143. The first-order valence-electron chi connectivity index (χ1n) is 9.34. The molecule has 0 aliphatic heterocycles. The summed E-state index contributed by atoms with van der Waals surface area (Å²) >= 11 is 10.7. The molecule has 5 nitrogen and oxygen atoms in total. The summed E-state index contributed by atoms with van der Waals surface area (Å²) in [5.41, 5.74) is 3.77. The van der Waals surface area contributed by atoms with Crippen molar-refractivity contribution in [1.82, 2.24) is 19.6 Å². The van der Waals surface area contributed by atoms with Crippen LogP contribution in [0, 0.1) is 0 Å². The van der Waals surface area contributed by atoms with Gasteiger partial charge in [0.1, 0.15) is 5.65 Å². The summed E-state index contributed by atoms with van der Waals surface area (Å²) in [5.74, 6) is 1.97. The molecule has 4 aromatic rings. The topological polar surface area (TPSA) is 60.2 Å². The lowest BCUT2D eigenvalue weighted by Gasteiger charge is -2.06. The van der Waals surface area contributed by atoms with E-state index in [1.807, 2.05) is 0 Å². The molecule has 3 heterocycles. The van der Waals surface area contributed by atoms with Crippen LogP contribution in [0.25, 0.3) is 5.65 Å². The van der Waals surface area contributed by atoms with Crippen molar-refractivity contribution in [1.29, 1.82) is 0 Å². The van der Waals surface area contributed by atoms with Gasteiger partial charge in [-0.3, -0.25) is 9.20 Å². The van der Waals surface area contributed by atoms with E-state index >= 15 is 0 Å². The first-order valence-corrected chi connectivity index (χ1v) is 12.5. The van der Waals surface area contributed by atoms with Gasteiger partial charge in [-0.2, -0.15) is 0 Å². The largest absolute Gasteiger partial charge is 0.269 e. The maximum Gasteiger partial charge on any atom is 0.258 e. The van der Waals surface area contributed by atoms with Gasteiger partial charge in [-0.1, -0.05) is 84.6 Å². The van der Waals surface area contributed by atoms with Crippen molar-refractivity contribution in [2.45, 2.75) is 40.0 Å². The van der Waals surface area contributed by atoms with Crippen molar-refractivity contribution >= 4 is 52.1 Å². The Bertz CT molecular complexity index is 1220. The van der Waals surface area contributed by atoms with Crippen molar-refractivity contribution in [2.24, 2.45) is 0 Å². The van der Waals surface area contributed by atoms with Gasteiger partial charge in [-0.05, 0) is 29.2 Å². The third kappa shape index (κ3) is 5.24. The maximum atomic E-state index is 12.3. The zero-order valence-electron chi connectivity index (χ0n) is 16.4. The van der Waals surface area contributed by atoms with E-state index < -0.39 is 0 Å². The van der Waals surface area contributed by atoms with Gasteiger partial charge in [0.25, 0.3) is 5.56 Å². The minimum absolute atomic E-state index is 0.143. The van der Waals surface area contributed by atoms with E-state index in [4.69, 9.17) is 11.6 Å². The van der Waals surface area contributed by atoms with E-state index in [1.165, 1.54) is 33.4 Å². The van der Waals surface area contributed by atoms with Crippen LogP contribution in [0.1, 0.15) is 36.6 Å². The second-order valence-corrected chi connectivity index (χ2v) is 10.8. The number of thioether (sulfide) groups is 2. The van der Waals surface area contributed by atoms with Crippen molar-refractivity contribution < 1.29 is 0 Å². The molecule has 4 rings (SSSR count). The Morgan fingerprint density at radius 3 is 2.43 bits per heavy atom. The van der Waals surface area contributed by atoms with Crippen LogP contribution in [0.5, 0.6) is 0 Å². The highest BCUT2D eigenvalue weighted by Crippen LogP contribution is 2.32. The summed E-state index contributed by atoms with van der Waals surface area (Å²) in [5, 5.41) is 9.04. The van der Waals surface area contributed by atoms with Gasteiger partial charge in [0.2, 0.25) is 0 Å². The quantitative estimate of drug-likeness (QED) is 0.310. The normalized spacial score (nSPS) is 11.5. The molecule has 0 saturated heterocycles. The summed E-state index contributed by atoms with van der Waals surface area (Å²) < 4.78 is 3.25. The molecule has 1 aromatic carbocycles. The number of halogens is 1. The van der Waals surface area contributed by atoms with Crippen LogP contribution in [0.3, 0.4) is 0 Å². The molecule has 0 saturated carbocycles. The van der Waals surface area contributed by atoms with Crippen molar-refractivity contribution in [3.8, 4) is 0 Å². The predicted molar refractivity (Wildman–Crippen MR) is 126 cm³/mol. The molecule has 0 N–H and O–H groups in total. The Labute approximate surface area is 191 Å². The zero-order chi connectivity index (χ0) is 21.1. The number of fused-ring (bicyclic) bond motifs is 1. The van der Waals surface area contributed by atoms with Gasteiger partial charge in [0.15, 0.2) is 8.68 Å². The highest BCUT2D eigenvalue weighted by atomic mass is 35.5. The summed E-state index contributed by atoms with van der Waals surface area (Å²) in [7, 11) is 0. The number of hydrogen-bond acceptors (Lipinski definition) is 7. The van der Waals surface area contributed by atoms with Crippen molar-refractivity contribution in [2.75, 3.05) is 0 Å². The molecule has 3 aromatic heterocycles. The molecule has 154 valence electrons. The first kappa shape index (κ1) is 21.4. The lowest BCUT2D eigenvalue weighted by atomic mass is 10.0. The average Bonchev–Trinajstić information content (AvgIpc) is 3.19. The third-order valence-corrected chi connectivity index (χ3v) is 7.93. The Balaban J connectivity index is 1.36. The molecule has 0 unspecified atom stereocenters. The Kier molecular flexibility index (Phi) is 6.77. The third-order valence-electron chi connectivity index (χ3n) is 4.42. The zero-order valence-corrected chi connectivity index (χ0v) is 19.6. The van der Waals surface area contributed by atoms with Gasteiger partial charge in [0, 0.05) is 23.8 Å². The molecule has 30 heavy (non-hydrogen) atoms. The standard InChI is InChI=1S/C21H19ClN4OS3/c1-13(2)15-5-3-14(4-6-15)11-28-20-24-25-21(30-20)29-12-17-9-19(27)26-10-16(22)7-8-18(26)23-17/h3-10,13H,11-12H2,1-2H3. The summed E-state index contributed by atoms with van der Waals surface area (Å²) in [6.45, 7) is 4.40. The number of nitrogens with zero attached hydrogens (tertiary/aromatic N) is 4.